The number of carbonyl (C=O) groups is 3. The second kappa shape index (κ2) is 6.68. The summed E-state index contributed by atoms with van der Waals surface area (Å²) in [5, 5.41) is 0. The molecule has 0 unspecified atom stereocenters. The minimum Gasteiger partial charge on any atom is -0.454 e. The normalized spacial score (nSPS) is 11.5. The molecule has 1 aromatic carbocycles. The molecule has 1 atom stereocenters. The Morgan fingerprint density at radius 1 is 1.05 bits per heavy atom. The molecule has 0 saturated carbocycles. The molecule has 1 aromatic rings. The number of Topliss-reactive ketones (excluding diaryl/α,β-unsaturated/α-hetero) is 1. The van der Waals surface area contributed by atoms with E-state index < -0.39 is 18.0 Å². The van der Waals surface area contributed by atoms with Gasteiger partial charge in [0.05, 0.1) is 0 Å². The van der Waals surface area contributed by atoms with Crippen molar-refractivity contribution >= 4 is 17.7 Å². The first-order valence-corrected chi connectivity index (χ1v) is 5.84. The highest BCUT2D eigenvalue weighted by molar-refractivity contribution is 5.83. The van der Waals surface area contributed by atoms with Crippen LogP contribution >= 0.6 is 0 Å². The average molecular weight is 264 g/mol. The lowest BCUT2D eigenvalue weighted by Gasteiger charge is -2.15. The van der Waals surface area contributed by atoms with E-state index in [0.717, 1.165) is 0 Å². The summed E-state index contributed by atoms with van der Waals surface area (Å²) in [4.78, 5) is 33.4. The van der Waals surface area contributed by atoms with Crippen molar-refractivity contribution in [2.24, 2.45) is 0 Å². The highest BCUT2D eigenvalue weighted by Gasteiger charge is 2.20. The number of ether oxygens (including phenoxy) is 2. The molecule has 0 heterocycles. The molecule has 0 amide bonds. The number of esters is 2. The third-order valence-electron chi connectivity index (χ3n) is 2.39. The third kappa shape index (κ3) is 4.91. The first kappa shape index (κ1) is 14.9. The summed E-state index contributed by atoms with van der Waals surface area (Å²) >= 11 is 0. The van der Waals surface area contributed by atoms with Crippen LogP contribution in [0.5, 0.6) is 5.75 Å². The van der Waals surface area contributed by atoms with Crippen molar-refractivity contribution in [3.63, 3.8) is 0 Å². The van der Waals surface area contributed by atoms with Crippen molar-refractivity contribution < 1.29 is 23.9 Å². The number of rotatable bonds is 5. The van der Waals surface area contributed by atoms with Gasteiger partial charge in [-0.15, -0.1) is 0 Å². The summed E-state index contributed by atoms with van der Waals surface area (Å²) in [6.45, 7) is 3.89. The smallest absolute Gasteiger partial charge is 0.308 e. The molecule has 0 N–H and O–H groups in total. The maximum Gasteiger partial charge on any atom is 0.308 e. The zero-order valence-corrected chi connectivity index (χ0v) is 11.1. The number of hydrogen-bond acceptors (Lipinski definition) is 5. The number of para-hydroxylation sites is 1. The molecule has 5 nitrogen and oxygen atoms in total. The highest BCUT2D eigenvalue weighted by Crippen LogP contribution is 2.21. The largest absolute Gasteiger partial charge is 0.454 e. The lowest BCUT2D eigenvalue weighted by molar-refractivity contribution is -0.152. The molecular formula is C14H16O5. The van der Waals surface area contributed by atoms with E-state index >= 15 is 0 Å². The molecule has 5 heteroatoms. The number of carbonyl (C=O) groups excluding carboxylic acids is 3. The molecule has 0 radical (unpaired) electrons. The lowest BCUT2D eigenvalue weighted by atomic mass is 10.0. The number of hydrogen-bond donors (Lipinski definition) is 0. The Hall–Kier alpha value is -2.17. The molecule has 0 fully saturated rings. The molecule has 0 aliphatic heterocycles. The second-order valence-electron chi connectivity index (χ2n) is 4.11. The summed E-state index contributed by atoms with van der Waals surface area (Å²) in [7, 11) is 0. The fourth-order valence-electron chi connectivity index (χ4n) is 1.60. The van der Waals surface area contributed by atoms with E-state index in [0.29, 0.717) is 11.3 Å². The fraction of sp³-hybridized carbons (Fsp3) is 0.357. The van der Waals surface area contributed by atoms with Crippen LogP contribution in [-0.4, -0.2) is 23.8 Å². The Balaban J connectivity index is 2.92. The van der Waals surface area contributed by atoms with Crippen LogP contribution < -0.4 is 4.74 Å². The summed E-state index contributed by atoms with van der Waals surface area (Å²) in [5.41, 5.74) is 0.638. The topological polar surface area (TPSA) is 69.7 Å². The van der Waals surface area contributed by atoms with Crippen LogP contribution in [0.25, 0.3) is 0 Å². The summed E-state index contributed by atoms with van der Waals surface area (Å²) in [5.74, 6) is -0.856. The van der Waals surface area contributed by atoms with E-state index in [4.69, 9.17) is 9.47 Å². The number of ketones is 1. The molecule has 0 aromatic heterocycles. The minimum absolute atomic E-state index is 0.179. The maximum atomic E-state index is 11.4. The highest BCUT2D eigenvalue weighted by atomic mass is 16.5. The molecule has 0 saturated heterocycles. The van der Waals surface area contributed by atoms with Gasteiger partial charge in [0.25, 0.3) is 0 Å². The van der Waals surface area contributed by atoms with Crippen molar-refractivity contribution in [3.8, 4) is 5.75 Å². The summed E-state index contributed by atoms with van der Waals surface area (Å²) < 4.78 is 9.99. The molecule has 19 heavy (non-hydrogen) atoms. The lowest BCUT2D eigenvalue weighted by Crippen LogP contribution is -2.26. The van der Waals surface area contributed by atoms with Crippen LogP contribution in [-0.2, 0) is 25.5 Å². The van der Waals surface area contributed by atoms with Crippen LogP contribution in [0.1, 0.15) is 26.3 Å². The SMILES string of the molecule is CC(=O)Oc1ccccc1C[C@@H](OC(C)=O)C(C)=O. The Labute approximate surface area is 111 Å². The molecule has 0 aliphatic rings. The molecule has 0 aliphatic carbocycles. The van der Waals surface area contributed by atoms with Crippen LogP contribution in [0.2, 0.25) is 0 Å². The van der Waals surface area contributed by atoms with Gasteiger partial charge in [-0.25, -0.2) is 0 Å². The quantitative estimate of drug-likeness (QED) is 0.597. The van der Waals surface area contributed by atoms with Crippen molar-refractivity contribution in [1.82, 2.24) is 0 Å². The van der Waals surface area contributed by atoms with Gasteiger partial charge in [-0.05, 0) is 18.6 Å². The van der Waals surface area contributed by atoms with Gasteiger partial charge in [0.2, 0.25) is 0 Å². The first-order valence-electron chi connectivity index (χ1n) is 5.84. The predicted molar refractivity (Wildman–Crippen MR) is 67.7 cm³/mol. The van der Waals surface area contributed by atoms with E-state index in [2.05, 4.69) is 0 Å². The van der Waals surface area contributed by atoms with Crippen molar-refractivity contribution in [3.05, 3.63) is 29.8 Å². The predicted octanol–water partition coefficient (Wildman–Crippen LogP) is 1.68. The van der Waals surface area contributed by atoms with Crippen LogP contribution in [0.3, 0.4) is 0 Å². The maximum absolute atomic E-state index is 11.4. The molecule has 102 valence electrons. The zero-order chi connectivity index (χ0) is 14.4. The van der Waals surface area contributed by atoms with E-state index in [9.17, 15) is 14.4 Å². The Bertz CT molecular complexity index is 492. The van der Waals surface area contributed by atoms with E-state index in [-0.39, 0.29) is 12.2 Å². The Kier molecular flexibility index (Phi) is 5.23. The van der Waals surface area contributed by atoms with Gasteiger partial charge in [0.1, 0.15) is 5.75 Å². The Morgan fingerprint density at radius 3 is 2.21 bits per heavy atom. The molecule has 0 bridgehead atoms. The van der Waals surface area contributed by atoms with Gasteiger partial charge in [-0.2, -0.15) is 0 Å². The standard InChI is InChI=1S/C14H16O5/c1-9(15)14(19-11(3)17)8-12-6-4-5-7-13(12)18-10(2)16/h4-7,14H,8H2,1-3H3/t14-/m1/s1. The van der Waals surface area contributed by atoms with E-state index in [1.165, 1.54) is 20.8 Å². The van der Waals surface area contributed by atoms with Crippen molar-refractivity contribution in [2.45, 2.75) is 33.3 Å². The van der Waals surface area contributed by atoms with Gasteiger partial charge in [-0.3, -0.25) is 14.4 Å². The fourth-order valence-corrected chi connectivity index (χ4v) is 1.60. The van der Waals surface area contributed by atoms with Crippen LogP contribution in [0.15, 0.2) is 24.3 Å². The van der Waals surface area contributed by atoms with Gasteiger partial charge in [-0.1, -0.05) is 18.2 Å². The third-order valence-corrected chi connectivity index (χ3v) is 2.39. The van der Waals surface area contributed by atoms with E-state index in [1.807, 2.05) is 0 Å². The summed E-state index contributed by atoms with van der Waals surface area (Å²) in [6, 6.07) is 6.82. The van der Waals surface area contributed by atoms with Crippen molar-refractivity contribution in [2.75, 3.05) is 0 Å². The average Bonchev–Trinajstić information content (AvgIpc) is 2.29. The van der Waals surface area contributed by atoms with Gasteiger partial charge in [0, 0.05) is 20.3 Å². The Morgan fingerprint density at radius 2 is 1.68 bits per heavy atom. The minimum atomic E-state index is -0.866. The first-order chi connectivity index (χ1) is 8.90. The second-order valence-corrected chi connectivity index (χ2v) is 4.11. The van der Waals surface area contributed by atoms with Crippen LogP contribution in [0, 0.1) is 0 Å². The van der Waals surface area contributed by atoms with Gasteiger partial charge < -0.3 is 9.47 Å². The summed E-state index contributed by atoms with van der Waals surface area (Å²) in [6.07, 6.45) is -0.688. The van der Waals surface area contributed by atoms with Crippen LogP contribution in [0.4, 0.5) is 0 Å². The number of benzene rings is 1. The van der Waals surface area contributed by atoms with Crippen molar-refractivity contribution in [1.29, 1.82) is 0 Å². The molecular weight excluding hydrogens is 248 g/mol. The zero-order valence-electron chi connectivity index (χ0n) is 11.1. The van der Waals surface area contributed by atoms with Gasteiger partial charge in [0.15, 0.2) is 11.9 Å². The van der Waals surface area contributed by atoms with Gasteiger partial charge >= 0.3 is 11.9 Å². The van der Waals surface area contributed by atoms with E-state index in [1.54, 1.807) is 24.3 Å². The monoisotopic (exact) mass is 264 g/mol. The molecule has 0 spiro atoms. The molecule has 1 rings (SSSR count).